The van der Waals surface area contributed by atoms with Crippen LogP contribution in [0, 0.1) is 12.8 Å². The van der Waals surface area contributed by atoms with E-state index in [-0.39, 0.29) is 30.4 Å². The van der Waals surface area contributed by atoms with E-state index in [1.54, 1.807) is 0 Å². The summed E-state index contributed by atoms with van der Waals surface area (Å²) in [5.41, 5.74) is 2.08. The normalized spacial score (nSPS) is 18.2. The van der Waals surface area contributed by atoms with Crippen molar-refractivity contribution >= 4 is 11.9 Å². The van der Waals surface area contributed by atoms with Crippen LogP contribution in [0.1, 0.15) is 56.7 Å². The molecule has 1 saturated heterocycles. The molecule has 1 heterocycles. The van der Waals surface area contributed by atoms with Gasteiger partial charge in [0.2, 0.25) is 5.91 Å². The number of hydrogen-bond acceptors (Lipinski definition) is 4. The molecule has 5 nitrogen and oxygen atoms in total. The molecule has 2 rings (SSSR count). The Labute approximate surface area is 150 Å². The maximum absolute atomic E-state index is 12.4. The summed E-state index contributed by atoms with van der Waals surface area (Å²) in [6.45, 7) is 7.70. The number of nitrogens with one attached hydrogen (secondary N) is 2. The van der Waals surface area contributed by atoms with Crippen LogP contribution in [-0.4, -0.2) is 31.1 Å². The first-order valence-corrected chi connectivity index (χ1v) is 9.20. The van der Waals surface area contributed by atoms with Crippen LogP contribution < -0.4 is 10.6 Å². The summed E-state index contributed by atoms with van der Waals surface area (Å²) in [7, 11) is 0. The van der Waals surface area contributed by atoms with Crippen LogP contribution in [0.25, 0.3) is 0 Å². The lowest BCUT2D eigenvalue weighted by molar-refractivity contribution is -0.148. The number of ether oxygens (including phenoxy) is 1. The number of aryl methyl sites for hydroxylation is 1. The minimum Gasteiger partial charge on any atom is -0.463 e. The number of carbonyl (C=O) groups excluding carboxylic acids is 2. The largest absolute Gasteiger partial charge is 0.463 e. The van der Waals surface area contributed by atoms with Gasteiger partial charge in [-0.25, -0.2) is 0 Å². The van der Waals surface area contributed by atoms with Gasteiger partial charge >= 0.3 is 5.97 Å². The highest BCUT2D eigenvalue weighted by Crippen LogP contribution is 2.20. The van der Waals surface area contributed by atoms with Crippen molar-refractivity contribution < 1.29 is 14.3 Å². The molecular weight excluding hydrogens is 316 g/mol. The lowest BCUT2D eigenvalue weighted by Crippen LogP contribution is -2.31. The Hall–Kier alpha value is -1.88. The van der Waals surface area contributed by atoms with Crippen LogP contribution in [0.4, 0.5) is 0 Å². The van der Waals surface area contributed by atoms with Gasteiger partial charge in [0.05, 0.1) is 18.6 Å². The molecule has 1 aromatic carbocycles. The first kappa shape index (κ1) is 19.4. The van der Waals surface area contributed by atoms with E-state index < -0.39 is 0 Å². The molecule has 5 heteroatoms. The molecule has 1 fully saturated rings. The van der Waals surface area contributed by atoms with Crippen molar-refractivity contribution in [3.05, 3.63) is 35.4 Å². The Morgan fingerprint density at radius 1 is 1.28 bits per heavy atom. The van der Waals surface area contributed by atoms with E-state index in [1.165, 1.54) is 0 Å². The van der Waals surface area contributed by atoms with Gasteiger partial charge in [-0.2, -0.15) is 0 Å². The fourth-order valence-corrected chi connectivity index (χ4v) is 3.09. The van der Waals surface area contributed by atoms with Gasteiger partial charge < -0.3 is 15.4 Å². The van der Waals surface area contributed by atoms with Crippen molar-refractivity contribution in [2.75, 3.05) is 13.1 Å². The molecule has 0 aliphatic carbocycles. The van der Waals surface area contributed by atoms with E-state index in [0.29, 0.717) is 12.3 Å². The van der Waals surface area contributed by atoms with Crippen LogP contribution in [0.2, 0.25) is 0 Å². The Morgan fingerprint density at radius 2 is 2.00 bits per heavy atom. The number of hydrogen-bond donors (Lipinski definition) is 2. The molecule has 0 radical (unpaired) electrons. The average molecular weight is 346 g/mol. The predicted octanol–water partition coefficient (Wildman–Crippen LogP) is 2.88. The van der Waals surface area contributed by atoms with Gasteiger partial charge in [-0.3, -0.25) is 9.59 Å². The third-order valence-electron chi connectivity index (χ3n) is 4.49. The van der Waals surface area contributed by atoms with Crippen LogP contribution >= 0.6 is 0 Å². The van der Waals surface area contributed by atoms with Crippen LogP contribution in [0.15, 0.2) is 24.3 Å². The second-order valence-electron chi connectivity index (χ2n) is 7.17. The molecule has 1 aromatic rings. The van der Waals surface area contributed by atoms with Crippen molar-refractivity contribution in [3.8, 4) is 0 Å². The Kier molecular flexibility index (Phi) is 7.44. The number of rotatable bonds is 8. The standard InChI is InChI=1S/C20H30N2O3/c1-14(2)25-20(24)12-18(17-7-4-15(3)5-8-17)22-19(23)9-6-16-10-11-21-13-16/h4-5,7-8,14,16,18,21H,6,9-13H2,1-3H3,(H,22,23). The van der Waals surface area contributed by atoms with Crippen molar-refractivity contribution in [1.29, 1.82) is 0 Å². The molecule has 1 aliphatic rings. The molecule has 2 N–H and O–H groups in total. The van der Waals surface area contributed by atoms with E-state index in [9.17, 15) is 9.59 Å². The zero-order valence-electron chi connectivity index (χ0n) is 15.5. The number of esters is 1. The van der Waals surface area contributed by atoms with Gasteiger partial charge in [-0.05, 0) is 58.2 Å². The van der Waals surface area contributed by atoms with E-state index in [4.69, 9.17) is 4.74 Å². The third kappa shape index (κ3) is 6.86. The van der Waals surface area contributed by atoms with Crippen molar-refractivity contribution in [3.63, 3.8) is 0 Å². The zero-order chi connectivity index (χ0) is 18.2. The summed E-state index contributed by atoms with van der Waals surface area (Å²) < 4.78 is 5.25. The summed E-state index contributed by atoms with van der Waals surface area (Å²) in [5, 5.41) is 6.34. The second kappa shape index (κ2) is 9.56. The topological polar surface area (TPSA) is 67.4 Å². The van der Waals surface area contributed by atoms with E-state index in [1.807, 2.05) is 45.0 Å². The van der Waals surface area contributed by atoms with Gasteiger partial charge in [0.15, 0.2) is 0 Å². The molecule has 0 saturated carbocycles. The third-order valence-corrected chi connectivity index (χ3v) is 4.49. The SMILES string of the molecule is Cc1ccc(C(CC(=O)OC(C)C)NC(=O)CCC2CCNC2)cc1. The highest BCUT2D eigenvalue weighted by Gasteiger charge is 2.21. The maximum atomic E-state index is 12.4. The fraction of sp³-hybridized carbons (Fsp3) is 0.600. The van der Waals surface area contributed by atoms with Crippen molar-refractivity contribution in [2.45, 2.75) is 58.6 Å². The Balaban J connectivity index is 1.96. The first-order valence-electron chi connectivity index (χ1n) is 9.20. The molecule has 0 bridgehead atoms. The smallest absolute Gasteiger partial charge is 0.308 e. The summed E-state index contributed by atoms with van der Waals surface area (Å²) in [6.07, 6.45) is 2.51. The molecule has 1 aliphatic heterocycles. The van der Waals surface area contributed by atoms with Crippen LogP contribution in [0.5, 0.6) is 0 Å². The Bertz CT molecular complexity index is 563. The molecule has 25 heavy (non-hydrogen) atoms. The number of amides is 1. The highest BCUT2D eigenvalue weighted by molar-refractivity contribution is 5.78. The highest BCUT2D eigenvalue weighted by atomic mass is 16.5. The first-order chi connectivity index (χ1) is 11.9. The molecule has 2 atom stereocenters. The van der Waals surface area contributed by atoms with Crippen molar-refractivity contribution in [1.82, 2.24) is 10.6 Å². The molecular formula is C20H30N2O3. The summed E-state index contributed by atoms with van der Waals surface area (Å²) >= 11 is 0. The van der Waals surface area contributed by atoms with Crippen molar-refractivity contribution in [2.24, 2.45) is 5.92 Å². The lowest BCUT2D eigenvalue weighted by Gasteiger charge is -2.20. The Morgan fingerprint density at radius 3 is 2.60 bits per heavy atom. The number of benzene rings is 1. The number of carbonyl (C=O) groups is 2. The maximum Gasteiger partial charge on any atom is 0.308 e. The average Bonchev–Trinajstić information content (AvgIpc) is 3.06. The van der Waals surface area contributed by atoms with Gasteiger partial charge in [-0.1, -0.05) is 29.8 Å². The zero-order valence-corrected chi connectivity index (χ0v) is 15.5. The summed E-state index contributed by atoms with van der Waals surface area (Å²) in [4.78, 5) is 24.4. The summed E-state index contributed by atoms with van der Waals surface area (Å²) in [5.74, 6) is 0.283. The minimum absolute atomic E-state index is 0.00479. The van der Waals surface area contributed by atoms with Crippen LogP contribution in [0.3, 0.4) is 0 Å². The molecule has 2 unspecified atom stereocenters. The summed E-state index contributed by atoms with van der Waals surface area (Å²) in [6, 6.07) is 7.56. The van der Waals surface area contributed by atoms with E-state index in [2.05, 4.69) is 10.6 Å². The lowest BCUT2D eigenvalue weighted by atomic mass is 10.00. The second-order valence-corrected chi connectivity index (χ2v) is 7.17. The minimum atomic E-state index is -0.346. The van der Waals surface area contributed by atoms with Gasteiger partial charge in [0.25, 0.3) is 0 Å². The monoisotopic (exact) mass is 346 g/mol. The van der Waals surface area contributed by atoms with Crippen LogP contribution in [-0.2, 0) is 14.3 Å². The molecule has 1 amide bonds. The van der Waals surface area contributed by atoms with Gasteiger partial charge in [-0.15, -0.1) is 0 Å². The van der Waals surface area contributed by atoms with E-state index >= 15 is 0 Å². The quantitative estimate of drug-likeness (QED) is 0.710. The molecule has 0 aromatic heterocycles. The predicted molar refractivity (Wildman–Crippen MR) is 98.1 cm³/mol. The van der Waals surface area contributed by atoms with E-state index in [0.717, 1.165) is 37.1 Å². The fourth-order valence-electron chi connectivity index (χ4n) is 3.09. The van der Waals surface area contributed by atoms with Gasteiger partial charge in [0.1, 0.15) is 0 Å². The molecule has 0 spiro atoms. The molecule has 138 valence electrons. The van der Waals surface area contributed by atoms with Gasteiger partial charge in [0, 0.05) is 6.42 Å².